The van der Waals surface area contributed by atoms with Crippen LogP contribution in [0.4, 0.5) is 17.1 Å². The van der Waals surface area contributed by atoms with Gasteiger partial charge in [-0.1, -0.05) is 158 Å². The van der Waals surface area contributed by atoms with Crippen molar-refractivity contribution in [3.05, 3.63) is 230 Å². The Hall–Kier alpha value is -7.76. The van der Waals surface area contributed by atoms with Crippen molar-refractivity contribution in [2.24, 2.45) is 0 Å². The molecule has 10 aromatic carbocycles. The first-order valence-corrected chi connectivity index (χ1v) is 24.2. The summed E-state index contributed by atoms with van der Waals surface area (Å²) in [5.41, 5.74) is 15.7. The molecule has 0 unspecified atom stereocenters. The molecule has 13 rings (SSSR count). The van der Waals surface area contributed by atoms with Crippen LogP contribution >= 0.6 is 22.7 Å². The van der Waals surface area contributed by atoms with Gasteiger partial charge in [0.05, 0.1) is 5.52 Å². The maximum Gasteiger partial charge on any atom is 0.0612 e. The third kappa shape index (κ3) is 6.21. The third-order valence-corrected chi connectivity index (χ3v) is 16.1. The average Bonchev–Trinajstić information content (AvgIpc) is 4.04. The van der Waals surface area contributed by atoms with Gasteiger partial charge in [0.2, 0.25) is 0 Å². The maximum absolute atomic E-state index is 2.43. The first-order valence-electron chi connectivity index (χ1n) is 22.6. The maximum atomic E-state index is 2.43. The predicted molar refractivity (Wildman–Crippen MR) is 287 cm³/mol. The van der Waals surface area contributed by atoms with E-state index >= 15 is 0 Å². The Labute approximate surface area is 391 Å². The molecule has 0 spiro atoms. The fraction of sp³-hybridized carbons (Fsp3) is 0.0323. The second-order valence-corrected chi connectivity index (χ2v) is 19.4. The van der Waals surface area contributed by atoms with Gasteiger partial charge in [-0.3, -0.25) is 0 Å². The molecule has 0 radical (unpaired) electrons. The van der Waals surface area contributed by atoms with Crippen molar-refractivity contribution in [2.45, 2.75) is 13.8 Å². The van der Waals surface area contributed by atoms with E-state index in [4.69, 9.17) is 0 Å². The topological polar surface area (TPSA) is 8.17 Å². The van der Waals surface area contributed by atoms with Gasteiger partial charge in [0.15, 0.2) is 0 Å². The van der Waals surface area contributed by atoms with Gasteiger partial charge >= 0.3 is 0 Å². The normalized spacial score (nSPS) is 11.8. The predicted octanol–water partition coefficient (Wildman–Crippen LogP) is 18.6. The number of anilines is 3. The van der Waals surface area contributed by atoms with Gasteiger partial charge in [-0.2, -0.15) is 0 Å². The first-order chi connectivity index (χ1) is 32.6. The lowest BCUT2D eigenvalue weighted by Crippen LogP contribution is -2.09. The van der Waals surface area contributed by atoms with E-state index in [2.05, 4.69) is 242 Å². The minimum Gasteiger partial charge on any atom is -0.313 e. The molecule has 3 heterocycles. The van der Waals surface area contributed by atoms with E-state index in [9.17, 15) is 0 Å². The summed E-state index contributed by atoms with van der Waals surface area (Å²) in [5.74, 6) is 0. The number of hydrogen-bond donors (Lipinski definition) is 0. The molecule has 312 valence electrons. The van der Waals surface area contributed by atoms with Crippen LogP contribution in [0, 0.1) is 13.8 Å². The van der Waals surface area contributed by atoms with Gasteiger partial charge in [0.1, 0.15) is 0 Å². The number of nitrogens with zero attached hydrogens (tertiary/aromatic N) is 2. The van der Waals surface area contributed by atoms with Gasteiger partial charge in [-0.15, -0.1) is 22.7 Å². The third-order valence-electron chi connectivity index (χ3n) is 13.7. The summed E-state index contributed by atoms with van der Waals surface area (Å²) in [6, 6.07) is 80.5. The number of aromatic nitrogens is 1. The van der Waals surface area contributed by atoms with Crippen molar-refractivity contribution < 1.29 is 0 Å². The van der Waals surface area contributed by atoms with E-state index < -0.39 is 0 Å². The van der Waals surface area contributed by atoms with Crippen molar-refractivity contribution in [1.29, 1.82) is 0 Å². The Morgan fingerprint density at radius 2 is 0.788 bits per heavy atom. The lowest BCUT2D eigenvalue weighted by Gasteiger charge is -2.26. The minimum atomic E-state index is 1.10. The van der Waals surface area contributed by atoms with Crippen LogP contribution in [0.5, 0.6) is 0 Å². The van der Waals surface area contributed by atoms with Crippen molar-refractivity contribution >= 4 is 102 Å². The van der Waals surface area contributed by atoms with Crippen LogP contribution in [0.15, 0.2) is 218 Å². The fourth-order valence-corrected chi connectivity index (χ4v) is 12.7. The van der Waals surface area contributed by atoms with Crippen molar-refractivity contribution in [1.82, 2.24) is 4.57 Å². The number of rotatable bonds is 7. The van der Waals surface area contributed by atoms with Crippen LogP contribution < -0.4 is 4.90 Å². The highest BCUT2D eigenvalue weighted by Crippen LogP contribution is 2.44. The second kappa shape index (κ2) is 15.5. The van der Waals surface area contributed by atoms with Gasteiger partial charge in [0, 0.05) is 79.6 Å². The van der Waals surface area contributed by atoms with Crippen LogP contribution in [0.25, 0.3) is 101 Å². The number of fused-ring (bicyclic) bond motifs is 9. The van der Waals surface area contributed by atoms with E-state index in [0.29, 0.717) is 0 Å². The van der Waals surface area contributed by atoms with Crippen LogP contribution in [-0.2, 0) is 0 Å². The van der Waals surface area contributed by atoms with Crippen LogP contribution in [0.2, 0.25) is 0 Å². The molecule has 2 nitrogen and oxygen atoms in total. The number of thiophene rings is 2. The number of hydrogen-bond acceptors (Lipinski definition) is 3. The molecule has 0 aliphatic heterocycles. The highest BCUT2D eigenvalue weighted by atomic mass is 32.1. The quantitative estimate of drug-likeness (QED) is 0.155. The highest BCUT2D eigenvalue weighted by molar-refractivity contribution is 7.26. The molecule has 0 saturated carbocycles. The van der Waals surface area contributed by atoms with E-state index in [1.807, 2.05) is 22.7 Å². The fourth-order valence-electron chi connectivity index (χ4n) is 10.2. The molecular weight excluding hydrogens is 837 g/mol. The Morgan fingerprint density at radius 3 is 1.32 bits per heavy atom. The second-order valence-electron chi connectivity index (χ2n) is 17.3. The zero-order valence-electron chi connectivity index (χ0n) is 36.5. The zero-order valence-corrected chi connectivity index (χ0v) is 38.1. The molecule has 4 heteroatoms. The summed E-state index contributed by atoms with van der Waals surface area (Å²) in [4.78, 5) is 2.38. The molecule has 0 fully saturated rings. The van der Waals surface area contributed by atoms with Crippen LogP contribution in [0.3, 0.4) is 0 Å². The molecule has 0 amide bonds. The SMILES string of the molecule is Cc1c(C)n(-c2ccc(-c3ccc(N(c4ccc(-c5cccc6c5sc5ccccc56)cc4)c4ccc(-c5cccc6c5sc5ccccc56)cc4)cc3)cc2)c2c1ccc1ccccc12. The number of aryl methyl sites for hydroxylation is 1. The van der Waals surface area contributed by atoms with Gasteiger partial charge in [-0.25, -0.2) is 0 Å². The van der Waals surface area contributed by atoms with Gasteiger partial charge in [0.25, 0.3) is 0 Å². The van der Waals surface area contributed by atoms with Crippen molar-refractivity contribution in [2.75, 3.05) is 4.90 Å². The smallest absolute Gasteiger partial charge is 0.0612 e. The highest BCUT2D eigenvalue weighted by Gasteiger charge is 2.18. The summed E-state index contributed by atoms with van der Waals surface area (Å²) in [6.07, 6.45) is 0. The zero-order chi connectivity index (χ0) is 43.9. The average molecular weight is 879 g/mol. The summed E-state index contributed by atoms with van der Waals surface area (Å²) in [5, 5.41) is 9.12. The van der Waals surface area contributed by atoms with E-state index in [-0.39, 0.29) is 0 Å². The molecule has 3 aromatic heterocycles. The standard InChI is InChI=1S/C62H42N2S2/c1-39-40(2)63(60-50(39)38-29-43-11-3-4-12-51(43)60)46-30-21-41(22-31-46)42-23-32-47(33-24-42)64(48-34-25-44(26-35-48)52-15-9-17-56-54-13-5-7-19-58(54)65-61(52)56)49-36-27-45(28-37-49)53-16-10-18-57-55-14-6-8-20-59(55)66-62(53)57/h3-38H,1-2H3. The monoisotopic (exact) mass is 878 g/mol. The van der Waals surface area contributed by atoms with E-state index in [1.165, 1.54) is 112 Å². The largest absolute Gasteiger partial charge is 0.313 e. The minimum absolute atomic E-state index is 1.10. The molecular formula is C62H42N2S2. The molecule has 0 N–H and O–H groups in total. The lowest BCUT2D eigenvalue weighted by atomic mass is 10.0. The summed E-state index contributed by atoms with van der Waals surface area (Å²) in [6.45, 7) is 4.48. The Morgan fingerprint density at radius 1 is 0.348 bits per heavy atom. The molecule has 13 aromatic rings. The summed E-state index contributed by atoms with van der Waals surface area (Å²) >= 11 is 3.76. The molecule has 0 saturated heterocycles. The Kier molecular flexibility index (Phi) is 9.06. The van der Waals surface area contributed by atoms with Crippen LogP contribution in [-0.4, -0.2) is 4.57 Å². The van der Waals surface area contributed by atoms with Crippen molar-refractivity contribution in [3.8, 4) is 39.1 Å². The molecule has 0 bridgehead atoms. The molecule has 0 atom stereocenters. The summed E-state index contributed by atoms with van der Waals surface area (Å²) < 4.78 is 7.73. The Bertz CT molecular complexity index is 3820. The van der Waals surface area contributed by atoms with Gasteiger partial charge in [-0.05, 0) is 119 Å². The molecule has 0 aliphatic carbocycles. The van der Waals surface area contributed by atoms with E-state index in [1.54, 1.807) is 0 Å². The van der Waals surface area contributed by atoms with Crippen molar-refractivity contribution in [3.63, 3.8) is 0 Å². The summed E-state index contributed by atoms with van der Waals surface area (Å²) in [7, 11) is 0. The number of benzene rings is 10. The first kappa shape index (κ1) is 38.7. The van der Waals surface area contributed by atoms with Crippen LogP contribution in [0.1, 0.15) is 11.3 Å². The van der Waals surface area contributed by atoms with Gasteiger partial charge < -0.3 is 9.47 Å². The molecule has 0 aliphatic rings. The van der Waals surface area contributed by atoms with E-state index in [0.717, 1.165) is 17.1 Å². The Balaban J connectivity index is 0.872. The lowest BCUT2D eigenvalue weighted by molar-refractivity contribution is 1.04. The molecule has 66 heavy (non-hydrogen) atoms.